The molecule has 28 heavy (non-hydrogen) atoms. The van der Waals surface area contributed by atoms with Crippen LogP contribution in [-0.2, 0) is 19.9 Å². The maximum absolute atomic E-state index is 13.4. The minimum absolute atomic E-state index is 0.256. The number of likely N-dealkylation sites (N-methyl/N-ethyl adjacent to an activating group) is 1. The minimum Gasteiger partial charge on any atom is -0.491 e. The fraction of sp³-hybridized carbons (Fsp3) is 0.409. The lowest BCUT2D eigenvalue weighted by Crippen LogP contribution is -2.42. The summed E-state index contributed by atoms with van der Waals surface area (Å²) < 4.78 is 17.7. The molecule has 3 rings (SSSR count). The van der Waals surface area contributed by atoms with Gasteiger partial charge in [0, 0.05) is 17.1 Å². The molecule has 150 valence electrons. The van der Waals surface area contributed by atoms with Gasteiger partial charge in [-0.2, -0.15) is 0 Å². The Balaban J connectivity index is 2.01. The molecule has 0 spiro atoms. The van der Waals surface area contributed by atoms with Crippen LogP contribution in [0.3, 0.4) is 0 Å². The van der Waals surface area contributed by atoms with Crippen molar-refractivity contribution in [1.82, 2.24) is 4.90 Å². The van der Waals surface area contributed by atoms with Gasteiger partial charge in [-0.15, -0.1) is 0 Å². The van der Waals surface area contributed by atoms with Crippen LogP contribution in [0, 0.1) is 0 Å². The van der Waals surface area contributed by atoms with E-state index in [9.17, 15) is 4.79 Å². The van der Waals surface area contributed by atoms with Gasteiger partial charge in [0.25, 0.3) is 0 Å². The number of hydrogen-bond acceptors (Lipinski definition) is 5. The fourth-order valence-electron chi connectivity index (χ4n) is 3.43. The summed E-state index contributed by atoms with van der Waals surface area (Å²) in [4.78, 5) is 15.6. The number of ether oxygens (including phenoxy) is 3. The molecule has 0 radical (unpaired) electrons. The number of nitrogens with zero attached hydrogens (tertiary/aromatic N) is 1. The van der Waals surface area contributed by atoms with Crippen molar-refractivity contribution in [2.75, 3.05) is 39.5 Å². The maximum Gasteiger partial charge on any atom is 0.348 e. The van der Waals surface area contributed by atoms with Crippen LogP contribution in [0.2, 0.25) is 5.02 Å². The van der Waals surface area contributed by atoms with Crippen LogP contribution in [0.4, 0.5) is 0 Å². The molecule has 1 atom stereocenters. The zero-order valence-electron chi connectivity index (χ0n) is 16.3. The Bertz CT molecular complexity index is 794. The molecule has 1 heterocycles. The van der Waals surface area contributed by atoms with Gasteiger partial charge in [-0.05, 0) is 36.9 Å². The average molecular weight is 404 g/mol. The van der Waals surface area contributed by atoms with E-state index in [4.69, 9.17) is 25.8 Å². The minimum atomic E-state index is -1.42. The van der Waals surface area contributed by atoms with Gasteiger partial charge in [0.15, 0.2) is 0 Å². The first-order valence-electron chi connectivity index (χ1n) is 9.63. The predicted octanol–water partition coefficient (Wildman–Crippen LogP) is 3.88. The number of carbonyl (C=O) groups excluding carboxylic acids is 1. The molecule has 2 aromatic rings. The van der Waals surface area contributed by atoms with Gasteiger partial charge in [0.05, 0.1) is 6.61 Å². The van der Waals surface area contributed by atoms with Gasteiger partial charge in [-0.25, -0.2) is 4.79 Å². The lowest BCUT2D eigenvalue weighted by atomic mass is 9.85. The van der Waals surface area contributed by atoms with Crippen LogP contribution in [0.15, 0.2) is 48.5 Å². The van der Waals surface area contributed by atoms with E-state index in [-0.39, 0.29) is 13.2 Å². The Morgan fingerprint density at radius 2 is 1.89 bits per heavy atom. The molecule has 0 amide bonds. The molecule has 1 aliphatic heterocycles. The van der Waals surface area contributed by atoms with E-state index in [1.165, 1.54) is 0 Å². The van der Waals surface area contributed by atoms with Gasteiger partial charge in [-0.3, -0.25) is 0 Å². The molecule has 0 saturated carbocycles. The first kappa shape index (κ1) is 20.6. The van der Waals surface area contributed by atoms with Crippen LogP contribution in [0.5, 0.6) is 5.75 Å². The molecule has 1 aliphatic rings. The average Bonchev–Trinajstić information content (AvgIpc) is 2.92. The van der Waals surface area contributed by atoms with E-state index >= 15 is 0 Å². The zero-order chi connectivity index (χ0) is 20.0. The highest BCUT2D eigenvalue weighted by atomic mass is 35.5. The van der Waals surface area contributed by atoms with Gasteiger partial charge >= 0.3 is 5.97 Å². The number of hydrogen-bond donors (Lipinski definition) is 0. The largest absolute Gasteiger partial charge is 0.491 e. The molecule has 5 nitrogen and oxygen atoms in total. The monoisotopic (exact) mass is 403 g/mol. The highest BCUT2D eigenvalue weighted by Crippen LogP contribution is 2.42. The van der Waals surface area contributed by atoms with Crippen molar-refractivity contribution in [3.8, 4) is 5.75 Å². The zero-order valence-corrected chi connectivity index (χ0v) is 17.1. The van der Waals surface area contributed by atoms with E-state index in [2.05, 4.69) is 18.7 Å². The SMILES string of the molecule is CCN(CC)CCOC(=O)C1(c2ccccc2)OCCOc2ccc(Cl)cc21. The van der Waals surface area contributed by atoms with E-state index in [0.717, 1.165) is 13.1 Å². The summed E-state index contributed by atoms with van der Waals surface area (Å²) >= 11 is 6.26. The molecular formula is C22H26ClNO4. The topological polar surface area (TPSA) is 48.0 Å². The number of fused-ring (bicyclic) bond motifs is 1. The first-order chi connectivity index (χ1) is 13.6. The summed E-state index contributed by atoms with van der Waals surface area (Å²) in [5.41, 5.74) is -0.158. The predicted molar refractivity (Wildman–Crippen MR) is 109 cm³/mol. The summed E-state index contributed by atoms with van der Waals surface area (Å²) in [5.74, 6) is 0.117. The highest BCUT2D eigenvalue weighted by molar-refractivity contribution is 6.30. The standard InChI is InChI=1S/C22H26ClNO4/c1-3-24(4-2)12-13-27-21(25)22(17-8-6-5-7-9-17)19-16-18(23)10-11-20(19)26-14-15-28-22/h5-11,16H,3-4,12-15H2,1-2H3. The summed E-state index contributed by atoms with van der Waals surface area (Å²) in [7, 11) is 0. The summed E-state index contributed by atoms with van der Waals surface area (Å²) in [6.45, 7) is 7.53. The fourth-order valence-corrected chi connectivity index (χ4v) is 3.61. The van der Waals surface area contributed by atoms with E-state index < -0.39 is 11.6 Å². The molecule has 0 bridgehead atoms. The number of esters is 1. The smallest absolute Gasteiger partial charge is 0.348 e. The van der Waals surface area contributed by atoms with Crippen molar-refractivity contribution in [2.45, 2.75) is 19.4 Å². The molecule has 0 aromatic heterocycles. The van der Waals surface area contributed by atoms with Crippen LogP contribution in [-0.4, -0.2) is 50.3 Å². The number of carbonyl (C=O) groups is 1. The van der Waals surface area contributed by atoms with Gasteiger partial charge in [0.2, 0.25) is 5.60 Å². The third-order valence-corrected chi connectivity index (χ3v) is 5.22. The van der Waals surface area contributed by atoms with Crippen molar-refractivity contribution >= 4 is 17.6 Å². The lowest BCUT2D eigenvalue weighted by Gasteiger charge is -2.32. The Morgan fingerprint density at radius 3 is 2.61 bits per heavy atom. The first-order valence-corrected chi connectivity index (χ1v) is 10.0. The van der Waals surface area contributed by atoms with Crippen molar-refractivity contribution in [1.29, 1.82) is 0 Å². The van der Waals surface area contributed by atoms with Crippen molar-refractivity contribution in [3.05, 3.63) is 64.7 Å². The normalized spacial score (nSPS) is 18.9. The molecule has 0 aliphatic carbocycles. The maximum atomic E-state index is 13.4. The summed E-state index contributed by atoms with van der Waals surface area (Å²) in [6, 6.07) is 14.6. The van der Waals surface area contributed by atoms with E-state index in [0.29, 0.717) is 35.1 Å². The molecular weight excluding hydrogens is 378 g/mol. The second-order valence-electron chi connectivity index (χ2n) is 6.55. The van der Waals surface area contributed by atoms with Crippen molar-refractivity contribution < 1.29 is 19.0 Å². The second-order valence-corrected chi connectivity index (χ2v) is 6.98. The van der Waals surface area contributed by atoms with Crippen molar-refractivity contribution in [2.24, 2.45) is 0 Å². The molecule has 1 unspecified atom stereocenters. The number of rotatable bonds is 7. The Labute approximate surface area is 171 Å². The van der Waals surface area contributed by atoms with Crippen LogP contribution < -0.4 is 4.74 Å². The third-order valence-electron chi connectivity index (χ3n) is 4.98. The molecule has 2 aromatic carbocycles. The van der Waals surface area contributed by atoms with E-state index in [1.807, 2.05) is 30.3 Å². The highest BCUT2D eigenvalue weighted by Gasteiger charge is 2.48. The van der Waals surface area contributed by atoms with Crippen LogP contribution in [0.1, 0.15) is 25.0 Å². The summed E-state index contributed by atoms with van der Waals surface area (Å²) in [6.07, 6.45) is 0. The van der Waals surface area contributed by atoms with Gasteiger partial charge < -0.3 is 19.1 Å². The lowest BCUT2D eigenvalue weighted by molar-refractivity contribution is -0.168. The Kier molecular flexibility index (Phi) is 6.94. The second kappa shape index (κ2) is 9.41. The Hall–Kier alpha value is -2.08. The van der Waals surface area contributed by atoms with Crippen LogP contribution >= 0.6 is 11.6 Å². The quantitative estimate of drug-likeness (QED) is 0.656. The number of benzene rings is 2. The molecule has 0 N–H and O–H groups in total. The van der Waals surface area contributed by atoms with Gasteiger partial charge in [-0.1, -0.05) is 55.8 Å². The molecule has 6 heteroatoms. The third kappa shape index (κ3) is 4.17. The van der Waals surface area contributed by atoms with E-state index in [1.54, 1.807) is 18.2 Å². The van der Waals surface area contributed by atoms with Gasteiger partial charge in [0.1, 0.15) is 19.0 Å². The number of halogens is 1. The Morgan fingerprint density at radius 1 is 1.14 bits per heavy atom. The molecule has 0 fully saturated rings. The molecule has 0 saturated heterocycles. The van der Waals surface area contributed by atoms with Crippen LogP contribution in [0.25, 0.3) is 0 Å². The van der Waals surface area contributed by atoms with Crippen molar-refractivity contribution in [3.63, 3.8) is 0 Å². The summed E-state index contributed by atoms with van der Waals surface area (Å²) in [5, 5.41) is 0.504.